The van der Waals surface area contributed by atoms with Crippen LogP contribution in [0, 0.1) is 0 Å². The van der Waals surface area contributed by atoms with Gasteiger partial charge in [0.2, 0.25) is 5.13 Å². The molecule has 0 bridgehead atoms. The van der Waals surface area contributed by atoms with E-state index in [1.54, 1.807) is 11.5 Å². The summed E-state index contributed by atoms with van der Waals surface area (Å²) in [5, 5.41) is 2.10. The average molecular weight is 346 g/mol. The molecule has 0 radical (unpaired) electrons. The highest BCUT2D eigenvalue weighted by Crippen LogP contribution is 2.30. The molecule has 0 aromatic carbocycles. The van der Waals surface area contributed by atoms with Gasteiger partial charge in [-0.15, -0.1) is 0 Å². The van der Waals surface area contributed by atoms with Gasteiger partial charge < -0.3 is 4.90 Å². The van der Waals surface area contributed by atoms with Crippen molar-refractivity contribution in [2.45, 2.75) is 64.3 Å². The van der Waals surface area contributed by atoms with Crippen LogP contribution in [-0.2, 0) is 5.41 Å². The van der Waals surface area contributed by atoms with E-state index in [-0.39, 0.29) is 5.41 Å². The number of hydrogen-bond donors (Lipinski definition) is 0. The highest BCUT2D eigenvalue weighted by Gasteiger charge is 2.26. The molecule has 108 valence electrons. The van der Waals surface area contributed by atoms with Gasteiger partial charge in [-0.25, -0.2) is 4.98 Å². The molecule has 1 aliphatic carbocycles. The Morgan fingerprint density at radius 1 is 1.26 bits per heavy atom. The lowest BCUT2D eigenvalue weighted by atomic mass is 9.94. The molecule has 1 saturated carbocycles. The highest BCUT2D eigenvalue weighted by molar-refractivity contribution is 9.09. The maximum Gasteiger partial charge on any atom is 0.205 e. The van der Waals surface area contributed by atoms with Crippen LogP contribution in [0.4, 0.5) is 5.13 Å². The lowest BCUT2D eigenvalue weighted by molar-refractivity contribution is 0.418. The van der Waals surface area contributed by atoms with E-state index in [2.05, 4.69) is 46.0 Å². The Morgan fingerprint density at radius 3 is 2.47 bits per heavy atom. The summed E-state index contributed by atoms with van der Waals surface area (Å²) in [4.78, 5) is 7.26. The summed E-state index contributed by atoms with van der Waals surface area (Å²) in [5.74, 6) is 0.975. The molecule has 1 aromatic heterocycles. The fourth-order valence-corrected chi connectivity index (χ4v) is 3.89. The summed E-state index contributed by atoms with van der Waals surface area (Å²) in [6.45, 7) is 7.56. The minimum Gasteiger partial charge on any atom is -0.343 e. The summed E-state index contributed by atoms with van der Waals surface area (Å²) >= 11 is 5.14. The van der Waals surface area contributed by atoms with Crippen molar-refractivity contribution in [2.75, 3.05) is 16.8 Å². The van der Waals surface area contributed by atoms with Gasteiger partial charge >= 0.3 is 0 Å². The minimum atomic E-state index is 0.0430. The average Bonchev–Trinajstić information content (AvgIpc) is 2.86. The van der Waals surface area contributed by atoms with E-state index in [1.807, 2.05) is 0 Å². The van der Waals surface area contributed by atoms with Crippen molar-refractivity contribution in [3.8, 4) is 0 Å². The van der Waals surface area contributed by atoms with Crippen LogP contribution in [0.2, 0.25) is 0 Å². The highest BCUT2D eigenvalue weighted by atomic mass is 79.9. The zero-order valence-corrected chi connectivity index (χ0v) is 14.6. The van der Waals surface area contributed by atoms with Crippen molar-refractivity contribution in [2.24, 2.45) is 0 Å². The molecule has 0 N–H and O–H groups in total. The van der Waals surface area contributed by atoms with Crippen molar-refractivity contribution < 1.29 is 0 Å². The van der Waals surface area contributed by atoms with Gasteiger partial charge in [-0.1, -0.05) is 56.0 Å². The number of anilines is 1. The van der Waals surface area contributed by atoms with Crippen molar-refractivity contribution in [3.05, 3.63) is 5.82 Å². The quantitative estimate of drug-likeness (QED) is 0.758. The molecule has 1 aliphatic rings. The Morgan fingerprint density at radius 2 is 1.95 bits per heavy atom. The summed E-state index contributed by atoms with van der Waals surface area (Å²) < 4.78 is 4.56. The van der Waals surface area contributed by atoms with Gasteiger partial charge in [0.25, 0.3) is 0 Å². The van der Waals surface area contributed by atoms with Crippen LogP contribution in [0.1, 0.15) is 58.7 Å². The number of alkyl halides is 1. The number of nitrogens with zero attached hydrogens (tertiary/aromatic N) is 3. The van der Waals surface area contributed by atoms with Gasteiger partial charge in [0.1, 0.15) is 5.82 Å². The van der Waals surface area contributed by atoms with Gasteiger partial charge in [0, 0.05) is 34.9 Å². The van der Waals surface area contributed by atoms with Crippen LogP contribution in [0.25, 0.3) is 0 Å². The summed E-state index contributed by atoms with van der Waals surface area (Å²) in [7, 11) is 0. The molecule has 0 unspecified atom stereocenters. The zero-order valence-electron chi connectivity index (χ0n) is 12.2. The number of hydrogen-bond acceptors (Lipinski definition) is 4. The van der Waals surface area contributed by atoms with Gasteiger partial charge in [-0.2, -0.15) is 4.37 Å². The number of halogens is 1. The van der Waals surface area contributed by atoms with Crippen molar-refractivity contribution in [1.29, 1.82) is 0 Å². The van der Waals surface area contributed by atoms with Crippen LogP contribution in [0.3, 0.4) is 0 Å². The van der Waals surface area contributed by atoms with Crippen LogP contribution >= 0.6 is 27.5 Å². The summed E-state index contributed by atoms with van der Waals surface area (Å²) in [6.07, 6.45) is 6.71. The molecule has 1 aromatic rings. The first-order chi connectivity index (χ1) is 9.02. The molecule has 3 nitrogen and oxygen atoms in total. The maximum atomic E-state index is 4.79. The lowest BCUT2D eigenvalue weighted by Crippen LogP contribution is -2.38. The smallest absolute Gasteiger partial charge is 0.205 e. The first-order valence-corrected chi connectivity index (χ1v) is 9.08. The van der Waals surface area contributed by atoms with Crippen LogP contribution in [0.15, 0.2) is 0 Å². The number of rotatable bonds is 4. The SMILES string of the molecule is CC(C)(C)c1nsc(N(CCBr)C2CCCCC2)n1. The molecule has 1 fully saturated rings. The normalized spacial score (nSPS) is 17.7. The Kier molecular flexibility index (Phi) is 5.23. The van der Waals surface area contributed by atoms with Crippen molar-refractivity contribution >= 4 is 32.6 Å². The predicted molar refractivity (Wildman–Crippen MR) is 86.6 cm³/mol. The molecule has 0 saturated heterocycles. The molecular formula is C14H24BrN3S. The maximum absolute atomic E-state index is 4.79. The Balaban J connectivity index is 2.16. The Bertz CT molecular complexity index is 394. The van der Waals surface area contributed by atoms with Crippen LogP contribution in [-0.4, -0.2) is 27.3 Å². The molecular weight excluding hydrogens is 322 g/mol. The van der Waals surface area contributed by atoms with Gasteiger partial charge in [0.05, 0.1) is 0 Å². The number of aromatic nitrogens is 2. The van der Waals surface area contributed by atoms with Gasteiger partial charge in [-0.3, -0.25) is 0 Å². The molecule has 19 heavy (non-hydrogen) atoms. The largest absolute Gasteiger partial charge is 0.343 e. The molecule has 2 rings (SSSR count). The zero-order chi connectivity index (χ0) is 13.9. The predicted octanol–water partition coefficient (Wildman–Crippen LogP) is 4.37. The topological polar surface area (TPSA) is 29.0 Å². The molecule has 0 atom stereocenters. The molecule has 1 heterocycles. The first-order valence-electron chi connectivity index (χ1n) is 7.19. The summed E-state index contributed by atoms with van der Waals surface area (Å²) in [6, 6.07) is 0.659. The molecule has 5 heteroatoms. The second-order valence-electron chi connectivity index (χ2n) is 6.32. The summed E-state index contributed by atoms with van der Waals surface area (Å²) in [5.41, 5.74) is 0.0430. The lowest BCUT2D eigenvalue weighted by Gasteiger charge is -2.33. The van der Waals surface area contributed by atoms with E-state index in [4.69, 9.17) is 4.98 Å². The second-order valence-corrected chi connectivity index (χ2v) is 7.85. The third kappa shape index (κ3) is 3.91. The van der Waals surface area contributed by atoms with Crippen LogP contribution < -0.4 is 4.90 Å². The second kappa shape index (κ2) is 6.53. The van der Waals surface area contributed by atoms with E-state index in [0.717, 1.165) is 22.8 Å². The Labute approximate surface area is 129 Å². The Hall–Kier alpha value is -0.160. The van der Waals surface area contributed by atoms with E-state index in [9.17, 15) is 0 Å². The fraction of sp³-hybridized carbons (Fsp3) is 0.857. The standard InChI is InChI=1S/C14H24BrN3S/c1-14(2,3)12-16-13(19-17-12)18(10-9-15)11-7-5-4-6-8-11/h11H,4-10H2,1-3H3. The van der Waals surface area contributed by atoms with Crippen molar-refractivity contribution in [3.63, 3.8) is 0 Å². The third-order valence-electron chi connectivity index (χ3n) is 3.67. The molecule has 0 spiro atoms. The minimum absolute atomic E-state index is 0.0430. The van der Waals surface area contributed by atoms with E-state index in [1.165, 1.54) is 32.1 Å². The van der Waals surface area contributed by atoms with Gasteiger partial charge in [-0.05, 0) is 12.8 Å². The molecule has 0 aliphatic heterocycles. The van der Waals surface area contributed by atoms with Crippen LogP contribution in [0.5, 0.6) is 0 Å². The van der Waals surface area contributed by atoms with E-state index in [0.29, 0.717) is 6.04 Å². The monoisotopic (exact) mass is 345 g/mol. The van der Waals surface area contributed by atoms with E-state index < -0.39 is 0 Å². The third-order valence-corrected chi connectivity index (χ3v) is 4.78. The fourth-order valence-electron chi connectivity index (χ4n) is 2.55. The van der Waals surface area contributed by atoms with Gasteiger partial charge in [0.15, 0.2) is 0 Å². The van der Waals surface area contributed by atoms with Crippen molar-refractivity contribution in [1.82, 2.24) is 9.36 Å². The first kappa shape index (κ1) is 15.2. The van der Waals surface area contributed by atoms with E-state index >= 15 is 0 Å². The molecule has 0 amide bonds.